The van der Waals surface area contributed by atoms with Gasteiger partial charge in [-0.1, -0.05) is 135 Å². The Labute approximate surface area is 316 Å². The Hall–Kier alpha value is -6.38. The highest BCUT2D eigenvalue weighted by Crippen LogP contribution is 2.64. The second-order valence-electron chi connectivity index (χ2n) is 16.0. The summed E-state index contributed by atoms with van der Waals surface area (Å²) in [6.45, 7) is 4.74. The first-order valence-electron chi connectivity index (χ1n) is 19.3. The minimum atomic E-state index is -0.315. The van der Waals surface area contributed by atoms with Gasteiger partial charge in [-0.3, -0.25) is 0 Å². The molecule has 0 bridgehead atoms. The van der Waals surface area contributed by atoms with Gasteiger partial charge < -0.3 is 9.47 Å². The third-order valence-electron chi connectivity index (χ3n) is 13.1. The number of rotatable bonds is 3. The fourth-order valence-electron chi connectivity index (χ4n) is 10.9. The lowest BCUT2D eigenvalue weighted by atomic mass is 9.68. The van der Waals surface area contributed by atoms with Gasteiger partial charge in [-0.25, -0.2) is 0 Å². The van der Waals surface area contributed by atoms with E-state index in [1.165, 1.54) is 83.3 Å². The van der Waals surface area contributed by atoms with Crippen LogP contribution >= 0.6 is 0 Å². The van der Waals surface area contributed by atoms with Crippen molar-refractivity contribution >= 4 is 44.4 Å². The number of allylic oxidation sites excluding steroid dienone is 4. The average Bonchev–Trinajstić information content (AvgIpc) is 3.83. The fraction of sp³-hybridized carbons (Fsp3) is 0.115. The molecule has 0 fully saturated rings. The number of nitrogens with zero attached hydrogens (tertiary/aromatic N) is 2. The molecule has 12 rings (SSSR count). The van der Waals surface area contributed by atoms with Gasteiger partial charge in [-0.05, 0) is 117 Å². The molecule has 0 N–H and O–H groups in total. The van der Waals surface area contributed by atoms with E-state index in [0.717, 1.165) is 24.2 Å². The number of para-hydroxylation sites is 3. The molecule has 256 valence electrons. The summed E-state index contributed by atoms with van der Waals surface area (Å²) in [5.74, 6) is 0. The minimum Gasteiger partial charge on any atom is -0.310 e. The standard InChI is InChI=1S/C52H38N2/c1-51(2)45-24-12-13-26-49(45)54-48-30-28-34(31-41(48)40-20-14-25-46(51)50(40)54)53(33-15-4-3-5-16-33)35-27-29-39-38-19-8-11-23-44(38)52(47(39)32-35)42-21-9-6-17-36(42)37-18-7-10-22-43(37)52/h3-10,12-22,24-32H,11,23H2,1-2H3. The van der Waals surface area contributed by atoms with Gasteiger partial charge in [0.25, 0.3) is 0 Å². The van der Waals surface area contributed by atoms with Gasteiger partial charge >= 0.3 is 0 Å². The molecule has 3 aliphatic carbocycles. The first kappa shape index (κ1) is 30.1. The molecule has 2 nitrogen and oxygen atoms in total. The van der Waals surface area contributed by atoms with Crippen LogP contribution in [0.15, 0.2) is 175 Å². The second-order valence-corrected chi connectivity index (χ2v) is 16.0. The van der Waals surface area contributed by atoms with Crippen molar-refractivity contribution in [3.05, 3.63) is 209 Å². The molecule has 7 aromatic carbocycles. The summed E-state index contributed by atoms with van der Waals surface area (Å²) < 4.78 is 2.51. The first-order chi connectivity index (χ1) is 26.6. The van der Waals surface area contributed by atoms with Gasteiger partial charge in [-0.2, -0.15) is 0 Å². The Morgan fingerprint density at radius 2 is 1.19 bits per heavy atom. The van der Waals surface area contributed by atoms with Crippen molar-refractivity contribution < 1.29 is 0 Å². The van der Waals surface area contributed by atoms with Crippen LogP contribution in [0.2, 0.25) is 0 Å². The third-order valence-corrected chi connectivity index (χ3v) is 13.1. The van der Waals surface area contributed by atoms with Crippen molar-refractivity contribution in [2.24, 2.45) is 0 Å². The van der Waals surface area contributed by atoms with Crippen molar-refractivity contribution in [2.75, 3.05) is 4.90 Å². The van der Waals surface area contributed by atoms with Crippen LogP contribution in [-0.2, 0) is 10.8 Å². The molecule has 8 aromatic rings. The summed E-state index contributed by atoms with van der Waals surface area (Å²) in [6.07, 6.45) is 6.89. The molecule has 0 unspecified atom stereocenters. The van der Waals surface area contributed by atoms with Crippen LogP contribution in [0.1, 0.15) is 60.1 Å². The number of aromatic nitrogens is 1. The van der Waals surface area contributed by atoms with E-state index in [-0.39, 0.29) is 10.8 Å². The molecule has 0 saturated carbocycles. The highest BCUT2D eigenvalue weighted by molar-refractivity contribution is 6.13. The summed E-state index contributed by atoms with van der Waals surface area (Å²) in [6, 6.07) is 59.4. The van der Waals surface area contributed by atoms with E-state index in [4.69, 9.17) is 0 Å². The molecule has 54 heavy (non-hydrogen) atoms. The Bertz CT molecular complexity index is 2920. The Balaban J connectivity index is 1.12. The van der Waals surface area contributed by atoms with Crippen molar-refractivity contribution in [3.63, 3.8) is 0 Å². The lowest BCUT2D eigenvalue weighted by molar-refractivity contribution is 0.630. The zero-order valence-corrected chi connectivity index (χ0v) is 30.5. The Morgan fingerprint density at radius 1 is 0.519 bits per heavy atom. The Kier molecular flexibility index (Phi) is 5.92. The number of hydrogen-bond acceptors (Lipinski definition) is 1. The minimum absolute atomic E-state index is 0.0976. The fourth-order valence-corrected chi connectivity index (χ4v) is 10.9. The van der Waals surface area contributed by atoms with Gasteiger partial charge in [0.1, 0.15) is 0 Å². The van der Waals surface area contributed by atoms with Crippen LogP contribution in [0.25, 0.3) is 44.2 Å². The quantitative estimate of drug-likeness (QED) is 0.179. The highest BCUT2D eigenvalue weighted by Gasteiger charge is 2.52. The zero-order valence-electron chi connectivity index (χ0n) is 30.5. The van der Waals surface area contributed by atoms with Crippen LogP contribution in [0.5, 0.6) is 0 Å². The molecule has 0 amide bonds. The zero-order chi connectivity index (χ0) is 35.8. The monoisotopic (exact) mass is 690 g/mol. The molecule has 0 saturated heterocycles. The smallest absolute Gasteiger partial charge is 0.0689 e. The van der Waals surface area contributed by atoms with E-state index in [9.17, 15) is 0 Å². The predicted molar refractivity (Wildman–Crippen MR) is 225 cm³/mol. The number of hydrogen-bond donors (Lipinski definition) is 0. The third kappa shape index (κ3) is 3.66. The van der Waals surface area contributed by atoms with Crippen LogP contribution in [0.4, 0.5) is 17.1 Å². The van der Waals surface area contributed by atoms with Crippen molar-refractivity contribution in [3.8, 4) is 16.8 Å². The molecule has 2 heterocycles. The summed E-state index contributed by atoms with van der Waals surface area (Å²) >= 11 is 0. The number of anilines is 3. The first-order valence-corrected chi connectivity index (χ1v) is 19.3. The number of fused-ring (bicyclic) bond motifs is 14. The summed E-state index contributed by atoms with van der Waals surface area (Å²) in [4.78, 5) is 2.47. The van der Waals surface area contributed by atoms with Gasteiger partial charge in [0.15, 0.2) is 0 Å². The molecule has 1 spiro atoms. The van der Waals surface area contributed by atoms with Crippen LogP contribution in [0, 0.1) is 0 Å². The van der Waals surface area contributed by atoms with E-state index < -0.39 is 0 Å². The van der Waals surface area contributed by atoms with E-state index in [1.54, 1.807) is 5.57 Å². The van der Waals surface area contributed by atoms with E-state index in [2.05, 4.69) is 193 Å². The molecule has 1 aliphatic heterocycles. The maximum atomic E-state index is 2.52. The lowest BCUT2D eigenvalue weighted by Gasteiger charge is -2.34. The lowest BCUT2D eigenvalue weighted by Crippen LogP contribution is -2.28. The topological polar surface area (TPSA) is 8.17 Å². The van der Waals surface area contributed by atoms with Crippen LogP contribution in [0.3, 0.4) is 0 Å². The molecule has 0 atom stereocenters. The van der Waals surface area contributed by atoms with Gasteiger partial charge in [0.2, 0.25) is 0 Å². The molecule has 2 heteroatoms. The summed E-state index contributed by atoms with van der Waals surface area (Å²) in [5.41, 5.74) is 20.9. The normalized spacial score (nSPS) is 16.3. The summed E-state index contributed by atoms with van der Waals surface area (Å²) in [7, 11) is 0. The molecule has 0 radical (unpaired) electrons. The molecular weight excluding hydrogens is 653 g/mol. The highest BCUT2D eigenvalue weighted by atomic mass is 15.1. The molecule has 1 aromatic heterocycles. The maximum Gasteiger partial charge on any atom is 0.0689 e. The Morgan fingerprint density at radius 3 is 1.98 bits per heavy atom. The van der Waals surface area contributed by atoms with Gasteiger partial charge in [0, 0.05) is 33.2 Å². The van der Waals surface area contributed by atoms with Crippen molar-refractivity contribution in [2.45, 2.75) is 37.5 Å². The SMILES string of the molecule is CC1(C)c2ccccc2-n2c3ccc(N(c4ccccc4)c4ccc5c(c4)C4(C6=C5C=CCC6)c5ccccc5-c5ccccc54)cc3c3cccc1c32. The van der Waals surface area contributed by atoms with E-state index in [1.807, 2.05) is 0 Å². The average molecular weight is 691 g/mol. The van der Waals surface area contributed by atoms with Gasteiger partial charge in [0.05, 0.1) is 22.1 Å². The largest absolute Gasteiger partial charge is 0.310 e. The maximum absolute atomic E-state index is 2.52. The van der Waals surface area contributed by atoms with E-state index in [0.29, 0.717) is 0 Å². The van der Waals surface area contributed by atoms with Crippen LogP contribution in [-0.4, -0.2) is 4.57 Å². The van der Waals surface area contributed by atoms with E-state index >= 15 is 0 Å². The van der Waals surface area contributed by atoms with Gasteiger partial charge in [-0.15, -0.1) is 0 Å². The predicted octanol–water partition coefficient (Wildman–Crippen LogP) is 13.3. The molecule has 4 aliphatic rings. The number of benzene rings is 7. The van der Waals surface area contributed by atoms with Crippen LogP contribution < -0.4 is 4.90 Å². The summed E-state index contributed by atoms with van der Waals surface area (Å²) in [5, 5.41) is 2.58. The van der Waals surface area contributed by atoms with Crippen molar-refractivity contribution in [1.29, 1.82) is 0 Å². The molecular formula is C52H38N2. The van der Waals surface area contributed by atoms with Crippen molar-refractivity contribution in [1.82, 2.24) is 4.57 Å². The second kappa shape index (κ2) is 10.6.